The quantitative estimate of drug-likeness (QED) is 0.794. The summed E-state index contributed by atoms with van der Waals surface area (Å²) in [5.41, 5.74) is 1.07. The van der Waals surface area contributed by atoms with Gasteiger partial charge in [0.25, 0.3) is 0 Å². The van der Waals surface area contributed by atoms with Gasteiger partial charge in [-0.25, -0.2) is 4.98 Å². The molecule has 7 heteroatoms. The van der Waals surface area contributed by atoms with Crippen LogP contribution < -0.4 is 0 Å². The third-order valence-electron chi connectivity index (χ3n) is 3.69. The fourth-order valence-electron chi connectivity index (χ4n) is 2.54. The molecule has 1 aliphatic rings. The average molecular weight is 321 g/mol. The highest BCUT2D eigenvalue weighted by Crippen LogP contribution is 2.29. The summed E-state index contributed by atoms with van der Waals surface area (Å²) in [5, 5.41) is 0.427. The lowest BCUT2D eigenvalue weighted by Gasteiger charge is -2.32. The van der Waals surface area contributed by atoms with Crippen molar-refractivity contribution in [3.05, 3.63) is 29.0 Å². The van der Waals surface area contributed by atoms with Gasteiger partial charge in [0.1, 0.15) is 5.15 Å². The minimum atomic E-state index is -4.28. The molecular formula is C14H16ClF3N2O. The van der Waals surface area contributed by atoms with Crippen LogP contribution in [0.2, 0.25) is 5.15 Å². The molecule has 0 unspecified atom stereocenters. The van der Waals surface area contributed by atoms with Crippen molar-refractivity contribution in [3.8, 4) is 0 Å². The number of likely N-dealkylation sites (tertiary alicyclic amines) is 1. The second-order valence-electron chi connectivity index (χ2n) is 5.18. The zero-order valence-corrected chi connectivity index (χ0v) is 12.1. The third kappa shape index (κ3) is 4.88. The summed E-state index contributed by atoms with van der Waals surface area (Å²) in [6, 6.07) is 3.69. The minimum Gasteiger partial charge on any atom is -0.343 e. The van der Waals surface area contributed by atoms with Crippen molar-refractivity contribution in [1.29, 1.82) is 0 Å². The van der Waals surface area contributed by atoms with Crippen LogP contribution in [0.15, 0.2) is 18.3 Å². The van der Waals surface area contributed by atoms with Crippen molar-refractivity contribution in [2.45, 2.75) is 37.8 Å². The molecule has 0 aromatic carbocycles. The van der Waals surface area contributed by atoms with E-state index in [0.717, 1.165) is 18.4 Å². The van der Waals surface area contributed by atoms with Gasteiger partial charge in [0.2, 0.25) is 5.91 Å². The van der Waals surface area contributed by atoms with Gasteiger partial charge in [0.15, 0.2) is 0 Å². The predicted octanol–water partition coefficient (Wildman–Crippen LogP) is 3.78. The fourth-order valence-corrected chi connectivity index (χ4v) is 2.72. The Bertz CT molecular complexity index is 499. The van der Waals surface area contributed by atoms with E-state index in [2.05, 4.69) is 4.98 Å². The van der Waals surface area contributed by atoms with Gasteiger partial charge in [0.05, 0.1) is 6.42 Å². The van der Waals surface area contributed by atoms with Crippen molar-refractivity contribution < 1.29 is 18.0 Å². The van der Waals surface area contributed by atoms with Gasteiger partial charge >= 0.3 is 6.18 Å². The van der Waals surface area contributed by atoms with Crippen LogP contribution in [-0.2, 0) is 4.79 Å². The second-order valence-corrected chi connectivity index (χ2v) is 5.57. The molecule has 2 heterocycles. The summed E-state index contributed by atoms with van der Waals surface area (Å²) in [5.74, 6) is -0.143. The average Bonchev–Trinajstić information content (AvgIpc) is 2.44. The maximum absolute atomic E-state index is 12.1. The molecule has 116 valence electrons. The number of carbonyl (C=O) groups excluding carboxylic acids is 1. The number of hydrogen-bond donors (Lipinski definition) is 0. The minimum absolute atomic E-state index is 0.275. The van der Waals surface area contributed by atoms with E-state index < -0.39 is 24.9 Å². The largest absolute Gasteiger partial charge is 0.389 e. The lowest BCUT2D eigenvalue weighted by atomic mass is 9.90. The van der Waals surface area contributed by atoms with Gasteiger partial charge in [-0.05, 0) is 36.5 Å². The Balaban J connectivity index is 1.84. The Morgan fingerprint density at radius 2 is 2.05 bits per heavy atom. The Morgan fingerprint density at radius 1 is 1.38 bits per heavy atom. The van der Waals surface area contributed by atoms with E-state index in [-0.39, 0.29) is 5.92 Å². The summed E-state index contributed by atoms with van der Waals surface area (Å²) in [6.07, 6.45) is -2.68. The number of carbonyl (C=O) groups is 1. The molecule has 3 nitrogen and oxygen atoms in total. The zero-order chi connectivity index (χ0) is 15.5. The first-order chi connectivity index (χ1) is 9.85. The summed E-state index contributed by atoms with van der Waals surface area (Å²) in [7, 11) is 0. The molecule has 0 aliphatic carbocycles. The zero-order valence-electron chi connectivity index (χ0n) is 11.4. The van der Waals surface area contributed by atoms with Crippen LogP contribution in [0.1, 0.15) is 37.2 Å². The molecule has 1 amide bonds. The summed E-state index contributed by atoms with van der Waals surface area (Å²) < 4.78 is 36.3. The van der Waals surface area contributed by atoms with Crippen LogP contribution in [0.4, 0.5) is 13.2 Å². The number of nitrogens with zero attached hydrogens (tertiary/aromatic N) is 2. The molecule has 0 N–H and O–H groups in total. The standard InChI is InChI=1S/C14H16ClF3N2O/c15-12-9-11(2-6-19-12)10-3-7-20(8-4-10)13(21)1-5-14(16,17)18/h2,6,9-10H,1,3-5,7-8H2. The van der Waals surface area contributed by atoms with E-state index >= 15 is 0 Å². The van der Waals surface area contributed by atoms with Crippen LogP contribution in [0.5, 0.6) is 0 Å². The van der Waals surface area contributed by atoms with Gasteiger partial charge in [0, 0.05) is 25.7 Å². The molecule has 1 fully saturated rings. The summed E-state index contributed by atoms with van der Waals surface area (Å²) in [4.78, 5) is 17.2. The van der Waals surface area contributed by atoms with E-state index in [1.54, 1.807) is 12.3 Å². The van der Waals surface area contributed by atoms with E-state index in [1.165, 1.54) is 4.90 Å². The molecule has 1 aromatic heterocycles. The molecule has 0 radical (unpaired) electrons. The van der Waals surface area contributed by atoms with Gasteiger partial charge < -0.3 is 4.90 Å². The topological polar surface area (TPSA) is 33.2 Å². The molecule has 1 aromatic rings. The number of rotatable bonds is 3. The molecule has 0 spiro atoms. The number of amides is 1. The van der Waals surface area contributed by atoms with Crippen LogP contribution in [0.25, 0.3) is 0 Å². The van der Waals surface area contributed by atoms with Crippen molar-refractivity contribution in [3.63, 3.8) is 0 Å². The van der Waals surface area contributed by atoms with Crippen molar-refractivity contribution >= 4 is 17.5 Å². The van der Waals surface area contributed by atoms with Gasteiger partial charge in [-0.3, -0.25) is 4.79 Å². The van der Waals surface area contributed by atoms with Gasteiger partial charge in [-0.1, -0.05) is 11.6 Å². The second kappa shape index (κ2) is 6.64. The molecule has 0 atom stereocenters. The van der Waals surface area contributed by atoms with Crippen LogP contribution in [-0.4, -0.2) is 35.1 Å². The predicted molar refractivity (Wildman–Crippen MR) is 73.1 cm³/mol. The molecular weight excluding hydrogens is 305 g/mol. The third-order valence-corrected chi connectivity index (χ3v) is 3.90. The van der Waals surface area contributed by atoms with Gasteiger partial charge in [-0.2, -0.15) is 13.2 Å². The van der Waals surface area contributed by atoms with E-state index in [9.17, 15) is 18.0 Å². The summed E-state index contributed by atoms with van der Waals surface area (Å²) in [6.45, 7) is 0.975. The van der Waals surface area contributed by atoms with E-state index in [0.29, 0.717) is 18.2 Å². The molecule has 1 aliphatic heterocycles. The molecule has 2 rings (SSSR count). The van der Waals surface area contributed by atoms with Crippen LogP contribution in [0.3, 0.4) is 0 Å². The number of aromatic nitrogens is 1. The Morgan fingerprint density at radius 3 is 2.62 bits per heavy atom. The Hall–Kier alpha value is -1.30. The van der Waals surface area contributed by atoms with E-state index in [1.807, 2.05) is 6.07 Å². The first-order valence-corrected chi connectivity index (χ1v) is 7.19. The number of pyridine rings is 1. The summed E-state index contributed by atoms with van der Waals surface area (Å²) >= 11 is 5.84. The normalized spacial score (nSPS) is 17.0. The Kier molecular flexibility index (Phi) is 5.08. The number of piperidine rings is 1. The lowest BCUT2D eigenvalue weighted by Crippen LogP contribution is -2.38. The first kappa shape index (κ1) is 16.1. The van der Waals surface area contributed by atoms with Crippen molar-refractivity contribution in [2.75, 3.05) is 13.1 Å². The maximum Gasteiger partial charge on any atom is 0.389 e. The highest BCUT2D eigenvalue weighted by atomic mass is 35.5. The molecule has 21 heavy (non-hydrogen) atoms. The highest BCUT2D eigenvalue weighted by Gasteiger charge is 2.30. The number of halogens is 4. The first-order valence-electron chi connectivity index (χ1n) is 6.81. The molecule has 1 saturated heterocycles. The molecule has 0 bridgehead atoms. The lowest BCUT2D eigenvalue weighted by molar-refractivity contribution is -0.149. The highest BCUT2D eigenvalue weighted by molar-refractivity contribution is 6.29. The van der Waals surface area contributed by atoms with Crippen LogP contribution in [0, 0.1) is 0 Å². The number of alkyl halides is 3. The fraction of sp³-hybridized carbons (Fsp3) is 0.571. The number of hydrogen-bond acceptors (Lipinski definition) is 2. The molecule has 0 saturated carbocycles. The monoisotopic (exact) mass is 320 g/mol. The van der Waals surface area contributed by atoms with Crippen molar-refractivity contribution in [1.82, 2.24) is 9.88 Å². The maximum atomic E-state index is 12.1. The van der Waals surface area contributed by atoms with E-state index in [4.69, 9.17) is 11.6 Å². The smallest absolute Gasteiger partial charge is 0.343 e. The van der Waals surface area contributed by atoms with Gasteiger partial charge in [-0.15, -0.1) is 0 Å². The Labute approximate surface area is 126 Å². The van der Waals surface area contributed by atoms with Crippen LogP contribution >= 0.6 is 11.6 Å². The van der Waals surface area contributed by atoms with Crippen molar-refractivity contribution in [2.24, 2.45) is 0 Å². The SMILES string of the molecule is O=C(CCC(F)(F)F)N1CCC(c2ccnc(Cl)c2)CC1.